The molecule has 6 heteroatoms. The number of rotatable bonds is 3. The van der Waals surface area contributed by atoms with Gasteiger partial charge < -0.3 is 0 Å². The van der Waals surface area contributed by atoms with Gasteiger partial charge in [0.05, 0.1) is 5.25 Å². The van der Waals surface area contributed by atoms with Crippen LogP contribution in [0.15, 0.2) is 0 Å². The van der Waals surface area contributed by atoms with Crippen LogP contribution in [0.2, 0.25) is 0 Å². The molecular weight excluding hydrogens is 254 g/mol. The van der Waals surface area contributed by atoms with E-state index < -0.39 is 15.3 Å². The average molecular weight is 272 g/mol. The maximum absolute atomic E-state index is 12.0. The van der Waals surface area contributed by atoms with Crippen molar-refractivity contribution in [3.63, 3.8) is 0 Å². The second-order valence-corrected chi connectivity index (χ2v) is 8.09. The minimum Gasteiger partial charge on any atom is -0.212 e. The quantitative estimate of drug-likeness (QED) is 0.735. The lowest BCUT2D eigenvalue weighted by atomic mass is 10.3. The highest BCUT2D eigenvalue weighted by atomic mass is 35.5. The van der Waals surface area contributed by atoms with Gasteiger partial charge in [-0.05, 0) is 13.3 Å². The SMILES string of the molecule is CC1CCN(S(=O)(=O)C(C)CCl)CCS1. The van der Waals surface area contributed by atoms with Crippen LogP contribution in [0.3, 0.4) is 0 Å². The smallest absolute Gasteiger partial charge is 0.212 e. The van der Waals surface area contributed by atoms with E-state index in [1.165, 1.54) is 0 Å². The van der Waals surface area contributed by atoms with E-state index in [1.54, 1.807) is 11.2 Å². The molecule has 3 nitrogen and oxygen atoms in total. The Kier molecular flexibility index (Phi) is 5.22. The molecule has 0 amide bonds. The van der Waals surface area contributed by atoms with Crippen molar-refractivity contribution in [1.29, 1.82) is 0 Å². The molecule has 0 N–H and O–H groups in total. The molecular formula is C9H18ClNO2S2. The van der Waals surface area contributed by atoms with E-state index in [4.69, 9.17) is 11.6 Å². The Labute approximate surface area is 102 Å². The van der Waals surface area contributed by atoms with Crippen LogP contribution >= 0.6 is 23.4 Å². The summed E-state index contributed by atoms with van der Waals surface area (Å²) < 4.78 is 25.6. The molecule has 0 radical (unpaired) electrons. The Balaban J connectivity index is 2.70. The first-order valence-electron chi connectivity index (χ1n) is 5.15. The summed E-state index contributed by atoms with van der Waals surface area (Å²) in [7, 11) is -3.17. The summed E-state index contributed by atoms with van der Waals surface area (Å²) in [5.41, 5.74) is 0. The van der Waals surface area contributed by atoms with Crippen LogP contribution in [0.4, 0.5) is 0 Å². The molecule has 0 bridgehead atoms. The topological polar surface area (TPSA) is 37.4 Å². The zero-order valence-corrected chi connectivity index (χ0v) is 11.5. The fraction of sp³-hybridized carbons (Fsp3) is 1.00. The van der Waals surface area contributed by atoms with Gasteiger partial charge in [0, 0.05) is 30.0 Å². The second kappa shape index (κ2) is 5.75. The van der Waals surface area contributed by atoms with Crippen LogP contribution in [0.1, 0.15) is 20.3 Å². The first-order valence-corrected chi connectivity index (χ1v) is 8.23. The third-order valence-corrected chi connectivity index (χ3v) is 6.75. The van der Waals surface area contributed by atoms with Gasteiger partial charge >= 0.3 is 0 Å². The zero-order chi connectivity index (χ0) is 11.5. The van der Waals surface area contributed by atoms with Crippen molar-refractivity contribution in [1.82, 2.24) is 4.31 Å². The molecule has 0 saturated carbocycles. The predicted octanol–water partition coefficient (Wildman–Crippen LogP) is 1.77. The van der Waals surface area contributed by atoms with Crippen LogP contribution in [-0.4, -0.2) is 47.9 Å². The van der Waals surface area contributed by atoms with E-state index in [-0.39, 0.29) is 5.88 Å². The predicted molar refractivity (Wildman–Crippen MR) is 67.2 cm³/mol. The Hall–Kier alpha value is 0.550. The Morgan fingerprint density at radius 3 is 2.80 bits per heavy atom. The molecule has 0 aromatic carbocycles. The van der Waals surface area contributed by atoms with E-state index in [9.17, 15) is 8.42 Å². The van der Waals surface area contributed by atoms with Crippen LogP contribution in [0.5, 0.6) is 0 Å². The van der Waals surface area contributed by atoms with E-state index >= 15 is 0 Å². The van der Waals surface area contributed by atoms with Gasteiger partial charge in [-0.1, -0.05) is 6.92 Å². The molecule has 1 heterocycles. The summed E-state index contributed by atoms with van der Waals surface area (Å²) in [6, 6.07) is 0. The van der Waals surface area contributed by atoms with Crippen molar-refractivity contribution < 1.29 is 8.42 Å². The standard InChI is InChI=1S/C9H18ClNO2S2/c1-8-3-4-11(5-6-14-8)15(12,13)9(2)7-10/h8-9H,3-7H2,1-2H3. The molecule has 0 aromatic heterocycles. The number of hydrogen-bond acceptors (Lipinski definition) is 3. The van der Waals surface area contributed by atoms with Gasteiger partial charge in [-0.3, -0.25) is 0 Å². The number of halogens is 1. The molecule has 1 fully saturated rings. The average Bonchev–Trinajstić information content (AvgIpc) is 2.41. The van der Waals surface area contributed by atoms with E-state index in [0.29, 0.717) is 18.3 Å². The molecule has 2 atom stereocenters. The first-order chi connectivity index (χ1) is 6.98. The minimum atomic E-state index is -3.17. The van der Waals surface area contributed by atoms with Crippen molar-refractivity contribution in [2.45, 2.75) is 30.8 Å². The molecule has 1 saturated heterocycles. The van der Waals surface area contributed by atoms with Crippen molar-refractivity contribution in [3.05, 3.63) is 0 Å². The lowest BCUT2D eigenvalue weighted by Gasteiger charge is -2.22. The highest BCUT2D eigenvalue weighted by Gasteiger charge is 2.29. The molecule has 0 aliphatic carbocycles. The minimum absolute atomic E-state index is 0.168. The van der Waals surface area contributed by atoms with Crippen molar-refractivity contribution >= 4 is 33.4 Å². The van der Waals surface area contributed by atoms with Crippen LogP contribution in [-0.2, 0) is 10.0 Å². The lowest BCUT2D eigenvalue weighted by molar-refractivity contribution is 0.424. The van der Waals surface area contributed by atoms with Gasteiger partial charge in [-0.25, -0.2) is 12.7 Å². The number of thioether (sulfide) groups is 1. The van der Waals surface area contributed by atoms with Crippen molar-refractivity contribution in [3.8, 4) is 0 Å². The Bertz CT molecular complexity index is 294. The number of sulfonamides is 1. The maximum atomic E-state index is 12.0. The van der Waals surface area contributed by atoms with Gasteiger partial charge in [-0.15, -0.1) is 11.6 Å². The maximum Gasteiger partial charge on any atom is 0.217 e. The Morgan fingerprint density at radius 2 is 2.20 bits per heavy atom. The largest absolute Gasteiger partial charge is 0.217 e. The van der Waals surface area contributed by atoms with Gasteiger partial charge in [-0.2, -0.15) is 11.8 Å². The normalized spacial score (nSPS) is 27.3. The lowest BCUT2D eigenvalue weighted by Crippen LogP contribution is -2.39. The molecule has 1 aliphatic heterocycles. The highest BCUT2D eigenvalue weighted by molar-refractivity contribution is 8.00. The molecule has 15 heavy (non-hydrogen) atoms. The molecule has 2 unspecified atom stereocenters. The summed E-state index contributed by atoms with van der Waals surface area (Å²) in [6.45, 7) is 5.08. The van der Waals surface area contributed by atoms with E-state index in [2.05, 4.69) is 6.92 Å². The van der Waals surface area contributed by atoms with Crippen molar-refractivity contribution in [2.75, 3.05) is 24.7 Å². The summed E-state index contributed by atoms with van der Waals surface area (Å²) in [5.74, 6) is 1.05. The van der Waals surface area contributed by atoms with Crippen LogP contribution in [0.25, 0.3) is 0 Å². The summed E-state index contributed by atoms with van der Waals surface area (Å²) >= 11 is 7.45. The zero-order valence-electron chi connectivity index (χ0n) is 9.15. The number of hydrogen-bond donors (Lipinski definition) is 0. The van der Waals surface area contributed by atoms with Gasteiger partial charge in [0.2, 0.25) is 10.0 Å². The molecule has 1 rings (SSSR count). The monoisotopic (exact) mass is 271 g/mol. The molecule has 0 aromatic rings. The van der Waals surface area contributed by atoms with E-state index in [0.717, 1.165) is 12.2 Å². The number of alkyl halides is 1. The van der Waals surface area contributed by atoms with E-state index in [1.807, 2.05) is 11.8 Å². The van der Waals surface area contributed by atoms with Crippen molar-refractivity contribution in [2.24, 2.45) is 0 Å². The summed E-state index contributed by atoms with van der Waals surface area (Å²) in [4.78, 5) is 0. The summed E-state index contributed by atoms with van der Waals surface area (Å²) in [6.07, 6.45) is 0.929. The number of nitrogens with zero attached hydrogens (tertiary/aromatic N) is 1. The highest BCUT2D eigenvalue weighted by Crippen LogP contribution is 2.22. The van der Waals surface area contributed by atoms with Crippen LogP contribution < -0.4 is 0 Å². The molecule has 0 spiro atoms. The molecule has 1 aliphatic rings. The summed E-state index contributed by atoms with van der Waals surface area (Å²) in [5, 5.41) is 0.0779. The fourth-order valence-corrected chi connectivity index (χ4v) is 4.43. The fourth-order valence-electron chi connectivity index (χ4n) is 1.47. The van der Waals surface area contributed by atoms with Crippen LogP contribution in [0, 0.1) is 0 Å². The van der Waals surface area contributed by atoms with Gasteiger partial charge in [0.25, 0.3) is 0 Å². The molecule has 90 valence electrons. The third-order valence-electron chi connectivity index (χ3n) is 2.61. The van der Waals surface area contributed by atoms with Gasteiger partial charge in [0.15, 0.2) is 0 Å². The third kappa shape index (κ3) is 3.51. The first kappa shape index (κ1) is 13.6. The van der Waals surface area contributed by atoms with Gasteiger partial charge in [0.1, 0.15) is 0 Å². The second-order valence-electron chi connectivity index (χ2n) is 3.88. The Morgan fingerprint density at radius 1 is 1.53 bits per heavy atom.